The first kappa shape index (κ1) is 18.1. The first-order chi connectivity index (χ1) is 11.8. The van der Waals surface area contributed by atoms with E-state index in [0.717, 1.165) is 32.4 Å². The second-order valence-corrected chi connectivity index (χ2v) is 7.48. The Hall–Kier alpha value is -1.67. The van der Waals surface area contributed by atoms with Crippen LogP contribution < -0.4 is 5.73 Å². The van der Waals surface area contributed by atoms with Crippen molar-refractivity contribution in [1.82, 2.24) is 14.7 Å². The normalized spacial score (nSPS) is 31.4. The molecule has 3 aliphatic rings. The van der Waals surface area contributed by atoms with Gasteiger partial charge in [-0.3, -0.25) is 14.4 Å². The molecule has 0 aromatic carbocycles. The third kappa shape index (κ3) is 2.71. The summed E-state index contributed by atoms with van der Waals surface area (Å²) >= 11 is 0. The predicted molar refractivity (Wildman–Crippen MR) is 90.3 cm³/mol. The van der Waals surface area contributed by atoms with Crippen LogP contribution in [0, 0.1) is 0 Å². The summed E-state index contributed by atoms with van der Waals surface area (Å²) in [7, 11) is 0. The zero-order valence-electron chi connectivity index (χ0n) is 15.0. The van der Waals surface area contributed by atoms with E-state index in [1.54, 1.807) is 9.80 Å². The second kappa shape index (κ2) is 6.57. The molecule has 8 nitrogen and oxygen atoms in total. The summed E-state index contributed by atoms with van der Waals surface area (Å²) in [5, 5.41) is 9.62. The number of β-lactam (4-membered cyclic amide) rings is 1. The van der Waals surface area contributed by atoms with Gasteiger partial charge in [-0.15, -0.1) is 0 Å². The van der Waals surface area contributed by atoms with Crippen molar-refractivity contribution in [3.63, 3.8) is 0 Å². The van der Waals surface area contributed by atoms with Crippen LogP contribution in [0.3, 0.4) is 0 Å². The molecule has 0 aromatic rings. The van der Waals surface area contributed by atoms with Gasteiger partial charge in [0, 0.05) is 19.6 Å². The summed E-state index contributed by atoms with van der Waals surface area (Å²) in [5.41, 5.74) is 4.91. The van der Waals surface area contributed by atoms with Crippen molar-refractivity contribution in [3.05, 3.63) is 0 Å². The van der Waals surface area contributed by atoms with Crippen molar-refractivity contribution in [2.24, 2.45) is 5.73 Å². The number of nitrogens with zero attached hydrogens (tertiary/aromatic N) is 3. The van der Waals surface area contributed by atoms with E-state index in [-0.39, 0.29) is 24.4 Å². The Morgan fingerprint density at radius 1 is 1.28 bits per heavy atom. The van der Waals surface area contributed by atoms with Crippen LogP contribution in [0.25, 0.3) is 0 Å². The third-order valence-corrected chi connectivity index (χ3v) is 6.05. The highest BCUT2D eigenvalue weighted by Gasteiger charge is 2.65. The average molecular weight is 352 g/mol. The van der Waals surface area contributed by atoms with Crippen LogP contribution in [0.15, 0.2) is 0 Å². The summed E-state index contributed by atoms with van der Waals surface area (Å²) in [5.74, 6) is -0.585. The van der Waals surface area contributed by atoms with Crippen LogP contribution in [-0.2, 0) is 14.4 Å². The largest absolute Gasteiger partial charge is 0.391 e. The van der Waals surface area contributed by atoms with E-state index in [0.29, 0.717) is 13.0 Å². The van der Waals surface area contributed by atoms with E-state index in [1.165, 1.54) is 11.8 Å². The summed E-state index contributed by atoms with van der Waals surface area (Å²) in [6.45, 7) is 5.41. The Bertz CT molecular complexity index is 575. The number of likely N-dealkylation sites (tertiary alicyclic amines) is 3. The lowest BCUT2D eigenvalue weighted by atomic mass is 9.77. The van der Waals surface area contributed by atoms with Crippen LogP contribution >= 0.6 is 0 Å². The molecule has 25 heavy (non-hydrogen) atoms. The van der Waals surface area contributed by atoms with Crippen molar-refractivity contribution < 1.29 is 19.5 Å². The van der Waals surface area contributed by atoms with Gasteiger partial charge in [-0.25, -0.2) is 0 Å². The quantitative estimate of drug-likeness (QED) is 0.625. The molecule has 0 aliphatic carbocycles. The minimum Gasteiger partial charge on any atom is -0.391 e. The third-order valence-electron chi connectivity index (χ3n) is 6.05. The number of rotatable bonds is 4. The Kier molecular flexibility index (Phi) is 4.76. The summed E-state index contributed by atoms with van der Waals surface area (Å²) in [6.07, 6.45) is 2.36. The number of hydrogen-bond donors (Lipinski definition) is 2. The fraction of sp³-hybridized carbons (Fsp3) is 0.824. The van der Waals surface area contributed by atoms with Gasteiger partial charge in [-0.2, -0.15) is 0 Å². The van der Waals surface area contributed by atoms with Crippen molar-refractivity contribution in [2.45, 2.75) is 63.3 Å². The lowest BCUT2D eigenvalue weighted by molar-refractivity contribution is -0.180. The maximum absolute atomic E-state index is 12.9. The van der Waals surface area contributed by atoms with Gasteiger partial charge in [0.05, 0.1) is 12.1 Å². The number of amides is 3. The van der Waals surface area contributed by atoms with Gasteiger partial charge in [0.15, 0.2) is 0 Å². The smallest absolute Gasteiger partial charge is 0.251 e. The minimum absolute atomic E-state index is 0.0240. The molecular formula is C17H28N4O4. The summed E-state index contributed by atoms with van der Waals surface area (Å²) in [6, 6.07) is -1.26. The number of carbonyl (C=O) groups is 3. The molecule has 3 N–H and O–H groups in total. The highest BCUT2D eigenvalue weighted by molar-refractivity contribution is 6.01. The van der Waals surface area contributed by atoms with Crippen LogP contribution in [0.5, 0.6) is 0 Å². The van der Waals surface area contributed by atoms with Crippen LogP contribution in [0.4, 0.5) is 0 Å². The molecule has 1 spiro atoms. The van der Waals surface area contributed by atoms with Crippen LogP contribution in [0.1, 0.15) is 39.5 Å². The molecule has 4 atom stereocenters. The second-order valence-electron chi connectivity index (χ2n) is 7.48. The molecule has 3 rings (SSSR count). The fourth-order valence-corrected chi connectivity index (χ4v) is 4.41. The molecule has 3 heterocycles. The van der Waals surface area contributed by atoms with Gasteiger partial charge in [0.1, 0.15) is 18.1 Å². The van der Waals surface area contributed by atoms with Crippen LogP contribution in [0.2, 0.25) is 0 Å². The molecule has 2 unspecified atom stereocenters. The first-order valence-electron chi connectivity index (χ1n) is 9.14. The minimum atomic E-state index is -1.03. The maximum Gasteiger partial charge on any atom is 0.251 e. The topological polar surface area (TPSA) is 107 Å². The van der Waals surface area contributed by atoms with E-state index in [9.17, 15) is 19.5 Å². The molecule has 3 saturated heterocycles. The molecular weight excluding hydrogens is 324 g/mol. The van der Waals surface area contributed by atoms with E-state index in [2.05, 4.69) is 0 Å². The van der Waals surface area contributed by atoms with Crippen molar-refractivity contribution in [2.75, 3.05) is 26.2 Å². The zero-order valence-corrected chi connectivity index (χ0v) is 15.0. The fourth-order valence-electron chi connectivity index (χ4n) is 4.41. The lowest BCUT2D eigenvalue weighted by Gasteiger charge is -2.57. The van der Waals surface area contributed by atoms with Gasteiger partial charge in [-0.05, 0) is 39.5 Å². The lowest BCUT2D eigenvalue weighted by Crippen LogP contribution is -2.79. The molecule has 0 aromatic heterocycles. The zero-order chi connectivity index (χ0) is 18.4. The van der Waals surface area contributed by atoms with Gasteiger partial charge >= 0.3 is 0 Å². The maximum atomic E-state index is 12.9. The molecule has 0 saturated carbocycles. The molecule has 3 fully saturated rings. The molecule has 0 radical (unpaired) electrons. The molecule has 3 amide bonds. The standard InChI is InChI=1S/C17H28N4O4/c1-11(22)14(18)15(24)21-9-5-6-17(21)12(2)20(16(17)25)10-13(23)19-7-3-4-8-19/h11-12,14,22H,3-10,18H2,1-2H3/t11-,12?,14+,17?/m1/s1. The Morgan fingerprint density at radius 3 is 2.48 bits per heavy atom. The SMILES string of the molecule is CC1N(CC(=O)N2CCCC2)C(=O)C12CCCN2C(=O)[C@@H](N)[C@@H](C)O. The van der Waals surface area contributed by atoms with Gasteiger partial charge < -0.3 is 25.5 Å². The Balaban J connectivity index is 1.71. The van der Waals surface area contributed by atoms with Gasteiger partial charge in [0.25, 0.3) is 5.91 Å². The van der Waals surface area contributed by atoms with E-state index >= 15 is 0 Å². The number of hydrogen-bond acceptors (Lipinski definition) is 5. The first-order valence-corrected chi connectivity index (χ1v) is 9.14. The van der Waals surface area contributed by atoms with Crippen molar-refractivity contribution in [1.29, 1.82) is 0 Å². The van der Waals surface area contributed by atoms with E-state index < -0.39 is 23.6 Å². The highest BCUT2D eigenvalue weighted by Crippen LogP contribution is 2.44. The monoisotopic (exact) mass is 352 g/mol. The summed E-state index contributed by atoms with van der Waals surface area (Å²) in [4.78, 5) is 42.8. The van der Waals surface area contributed by atoms with E-state index in [1.807, 2.05) is 6.92 Å². The number of aliphatic hydroxyl groups excluding tert-OH is 1. The summed E-state index contributed by atoms with van der Waals surface area (Å²) < 4.78 is 0. The van der Waals surface area contributed by atoms with Crippen molar-refractivity contribution in [3.8, 4) is 0 Å². The van der Waals surface area contributed by atoms with Crippen molar-refractivity contribution >= 4 is 17.7 Å². The van der Waals surface area contributed by atoms with Gasteiger partial charge in [-0.1, -0.05) is 0 Å². The van der Waals surface area contributed by atoms with E-state index in [4.69, 9.17) is 5.73 Å². The predicted octanol–water partition coefficient (Wildman–Crippen LogP) is -1.09. The number of nitrogens with two attached hydrogens (primary N) is 1. The van der Waals surface area contributed by atoms with Gasteiger partial charge in [0.2, 0.25) is 11.8 Å². The Labute approximate surface area is 147 Å². The number of aliphatic hydroxyl groups is 1. The molecule has 0 bridgehead atoms. The highest BCUT2D eigenvalue weighted by atomic mass is 16.3. The molecule has 8 heteroatoms. The Morgan fingerprint density at radius 2 is 1.92 bits per heavy atom. The molecule has 3 aliphatic heterocycles. The number of carbonyl (C=O) groups excluding carboxylic acids is 3. The van der Waals surface area contributed by atoms with Crippen LogP contribution in [-0.4, -0.2) is 87.4 Å². The average Bonchev–Trinajstić information content (AvgIpc) is 3.27. The molecule has 140 valence electrons.